The van der Waals surface area contributed by atoms with Crippen molar-refractivity contribution in [1.29, 1.82) is 5.26 Å². The van der Waals surface area contributed by atoms with E-state index >= 15 is 0 Å². The average molecular weight is 958 g/mol. The van der Waals surface area contributed by atoms with E-state index in [4.69, 9.17) is 12.1 Å². The summed E-state index contributed by atoms with van der Waals surface area (Å²) in [5, 5.41) is 10.7. The minimum Gasteiger partial charge on any atom is -0.455 e. The van der Waals surface area contributed by atoms with Gasteiger partial charge in [0.1, 0.15) is 11.2 Å². The average Bonchev–Trinajstić information content (AvgIpc) is 1.05. The molecule has 0 saturated heterocycles. The number of hydrogen-bond donors (Lipinski definition) is 0. The van der Waals surface area contributed by atoms with Crippen molar-refractivity contribution < 1.29 is 27.7 Å². The lowest BCUT2D eigenvalue weighted by Gasteiger charge is -2.19. The number of pyridine rings is 3. The summed E-state index contributed by atoms with van der Waals surface area (Å²) in [7, 11) is 0. The molecule has 0 radical (unpaired) electrons. The van der Waals surface area contributed by atoms with Gasteiger partial charge >= 0.3 is 0 Å². The summed E-state index contributed by atoms with van der Waals surface area (Å²) in [5.41, 5.74) is 0.426. The molecular formula is C67H64N4O. The Kier molecular flexibility index (Phi) is 8.90. The standard InChI is InChI=1S/C67H64N4O/c68-41-48-29-33-57-58-24-13-25-59(67(58)72-66(57)37-48)65-40-62(51-18-11-12-19-51)56(44-71-65)32-28-47-35-45(26-30-54-42-69-63(52-20-3-1-4-21-52)38-60(54)49-14-7-8-15-49)34-46(36-47)27-31-55-43-70-64(53-22-5-2-6-23-53)39-61(55)50-16-9-10-17-50/h1-6,13,20-25,29,33-40,42-44,49-51H,7-12,14-19,26-28,30-32H2/i26D2,27D2,28D2,29D,30D2,31D2,32D2,37D,49D,50D,51D. The number of aromatic nitrogens is 3. The maximum absolute atomic E-state index is 10.1. The molecule has 3 saturated carbocycles. The number of benzene rings is 5. The van der Waals surface area contributed by atoms with Gasteiger partial charge in [0.15, 0.2) is 0 Å². The largest absolute Gasteiger partial charge is 0.455 e. The van der Waals surface area contributed by atoms with E-state index in [9.17, 15) is 25.8 Å². The normalized spacial score (nSPS) is 21.5. The van der Waals surface area contributed by atoms with Crippen molar-refractivity contribution in [2.45, 2.75) is 133 Å². The molecule has 358 valence electrons. The van der Waals surface area contributed by atoms with E-state index in [1.54, 1.807) is 30.3 Å². The van der Waals surface area contributed by atoms with Gasteiger partial charge in [-0.1, -0.05) is 130 Å². The molecule has 12 rings (SSSR count). The molecule has 3 aliphatic rings. The minimum absolute atomic E-state index is 0.0602. The van der Waals surface area contributed by atoms with Gasteiger partial charge < -0.3 is 4.42 Å². The Morgan fingerprint density at radius 3 is 1.42 bits per heavy atom. The Labute approximate surface area is 449 Å². The molecule has 5 nitrogen and oxygen atoms in total. The topological polar surface area (TPSA) is 75.6 Å². The van der Waals surface area contributed by atoms with Crippen LogP contribution in [0.5, 0.6) is 0 Å². The Morgan fingerprint density at radius 2 is 0.958 bits per heavy atom. The van der Waals surface area contributed by atoms with Crippen LogP contribution in [0.4, 0.5) is 0 Å². The number of nitrogens with zero attached hydrogens (tertiary/aromatic N) is 4. The summed E-state index contributed by atoms with van der Waals surface area (Å²) in [6.07, 6.45) is -10.2. The first-order valence-electron chi connectivity index (χ1n) is 33.7. The lowest BCUT2D eigenvalue weighted by molar-refractivity contribution is 0.669. The predicted octanol–water partition coefficient (Wildman–Crippen LogP) is 17.0. The van der Waals surface area contributed by atoms with E-state index in [1.807, 2.05) is 66.7 Å². The second-order valence-electron chi connectivity index (χ2n) is 19.0. The van der Waals surface area contributed by atoms with E-state index < -0.39 is 72.6 Å². The minimum atomic E-state index is -3.34. The monoisotopic (exact) mass is 958 g/mol. The summed E-state index contributed by atoms with van der Waals surface area (Å²) >= 11 is 0. The van der Waals surface area contributed by atoms with Gasteiger partial charge in [0.2, 0.25) is 0 Å². The van der Waals surface area contributed by atoms with Crippen molar-refractivity contribution in [3.05, 3.63) is 208 Å². The summed E-state index contributed by atoms with van der Waals surface area (Å²) in [6, 6.07) is 33.8. The fraction of sp³-hybridized carbons (Fsp3) is 0.313. The molecule has 0 unspecified atom stereocenters. The summed E-state index contributed by atoms with van der Waals surface area (Å²) < 4.78 is 174. The molecule has 5 heteroatoms. The first kappa shape index (κ1) is 30.7. The van der Waals surface area contributed by atoms with Gasteiger partial charge in [-0.15, -0.1) is 0 Å². The first-order valence-corrected chi connectivity index (χ1v) is 25.2. The fourth-order valence-electron chi connectivity index (χ4n) is 10.6. The second kappa shape index (κ2) is 20.9. The fourth-order valence-corrected chi connectivity index (χ4v) is 10.6. The number of rotatable bonds is 15. The molecule has 0 amide bonds. The molecule has 4 aromatic heterocycles. The zero-order valence-corrected chi connectivity index (χ0v) is 40.0. The van der Waals surface area contributed by atoms with E-state index in [-0.39, 0.29) is 80.7 Å². The van der Waals surface area contributed by atoms with E-state index in [1.165, 1.54) is 24.5 Å². The smallest absolute Gasteiger partial charge is 0.144 e. The van der Waals surface area contributed by atoms with Gasteiger partial charge in [-0.3, -0.25) is 15.0 Å². The van der Waals surface area contributed by atoms with Crippen LogP contribution < -0.4 is 0 Å². The third kappa shape index (κ3) is 9.77. The third-order valence-electron chi connectivity index (χ3n) is 14.3. The van der Waals surface area contributed by atoms with Crippen LogP contribution in [-0.4, -0.2) is 15.0 Å². The number of hydrogen-bond acceptors (Lipinski definition) is 5. The summed E-state index contributed by atoms with van der Waals surface area (Å²) in [6.45, 7) is 0. The molecule has 4 heterocycles. The van der Waals surface area contributed by atoms with Gasteiger partial charge in [-0.05, 0) is 187 Å². The summed E-state index contributed by atoms with van der Waals surface area (Å²) in [4.78, 5) is 14.0. The van der Waals surface area contributed by atoms with E-state index in [0.29, 0.717) is 103 Å². The third-order valence-corrected chi connectivity index (χ3v) is 14.3. The molecule has 0 N–H and O–H groups in total. The quantitative estimate of drug-likeness (QED) is 0.102. The van der Waals surface area contributed by atoms with Gasteiger partial charge in [-0.25, -0.2) is 0 Å². The molecule has 9 aromatic rings. The van der Waals surface area contributed by atoms with Crippen LogP contribution in [0, 0.1) is 11.3 Å². The van der Waals surface area contributed by atoms with E-state index in [0.717, 1.165) is 24.4 Å². The van der Waals surface area contributed by atoms with Crippen LogP contribution in [0.1, 0.15) is 174 Å². The highest BCUT2D eigenvalue weighted by atomic mass is 16.3. The Balaban J connectivity index is 1.05. The van der Waals surface area contributed by atoms with Gasteiger partial charge in [0, 0.05) is 66.6 Å². The maximum atomic E-state index is 10.1. The predicted molar refractivity (Wildman–Crippen MR) is 293 cm³/mol. The number of para-hydroxylation sites is 1. The lowest BCUT2D eigenvalue weighted by Crippen LogP contribution is -2.06. The molecule has 0 spiro atoms. The molecule has 5 aromatic carbocycles. The van der Waals surface area contributed by atoms with Crippen LogP contribution in [0.3, 0.4) is 0 Å². The zero-order valence-electron chi connectivity index (χ0n) is 57.0. The van der Waals surface area contributed by atoms with Crippen molar-refractivity contribution in [3.8, 4) is 39.8 Å². The van der Waals surface area contributed by atoms with Crippen molar-refractivity contribution in [1.82, 2.24) is 15.0 Å². The molecular weight excluding hydrogens is 877 g/mol. The van der Waals surface area contributed by atoms with Crippen LogP contribution in [-0.2, 0) is 38.2 Å². The summed E-state index contributed by atoms with van der Waals surface area (Å²) in [5.74, 6) is -4.25. The SMILES string of the molecule is [2H]c1cc2c(oc3c(-c4cc(C5([2H])CCCC5)c(C([2H])([2H])C([2H])([2H])c5cc(C([2H])([2H])C([2H])([2H])c6cnc(-c7ccccc7)cc6C6([2H])CCCC6)cc(C([2H])([2H])C([2H])([2H])c6cnc(-c7ccccc7)cc6C6([2H])CCCC6)c5)cn4)cccc32)c([2H])c1C#N. The molecule has 72 heavy (non-hydrogen) atoms. The van der Waals surface area contributed by atoms with Crippen LogP contribution in [0.2, 0.25) is 0 Å². The van der Waals surface area contributed by atoms with Crippen molar-refractivity contribution in [3.63, 3.8) is 0 Å². The number of nitriles is 1. The Hall–Kier alpha value is -7.16. The number of furan rings is 1. The van der Waals surface area contributed by atoms with Crippen LogP contribution in [0.25, 0.3) is 55.7 Å². The van der Waals surface area contributed by atoms with Crippen molar-refractivity contribution in [2.75, 3.05) is 0 Å². The lowest BCUT2D eigenvalue weighted by atomic mass is 9.87. The molecule has 0 atom stereocenters. The zero-order chi connectivity index (χ0) is 63.5. The number of aryl methyl sites for hydroxylation is 6. The molecule has 3 fully saturated rings. The molecule has 0 aliphatic heterocycles. The second-order valence-corrected chi connectivity index (χ2v) is 19.0. The van der Waals surface area contributed by atoms with E-state index in [2.05, 4.69) is 9.97 Å². The highest BCUT2D eigenvalue weighted by Gasteiger charge is 2.25. The number of fused-ring (bicyclic) bond motifs is 3. The Bertz CT molecular complexity index is 4130. The van der Waals surface area contributed by atoms with Gasteiger partial charge in [0.05, 0.1) is 31.5 Å². The highest BCUT2D eigenvalue weighted by Crippen LogP contribution is 2.42. The first-order chi connectivity index (χ1) is 42.0. The van der Waals surface area contributed by atoms with Crippen LogP contribution >= 0.6 is 0 Å². The highest BCUT2D eigenvalue weighted by molar-refractivity contribution is 6.09. The molecule has 3 aliphatic carbocycles. The van der Waals surface area contributed by atoms with Crippen molar-refractivity contribution >= 4 is 21.9 Å². The van der Waals surface area contributed by atoms with Gasteiger partial charge in [-0.2, -0.15) is 5.26 Å². The maximum Gasteiger partial charge on any atom is 0.144 e. The van der Waals surface area contributed by atoms with Gasteiger partial charge in [0.25, 0.3) is 0 Å². The Morgan fingerprint density at radius 1 is 0.514 bits per heavy atom. The van der Waals surface area contributed by atoms with Crippen molar-refractivity contribution in [2.24, 2.45) is 0 Å². The molecule has 0 bridgehead atoms. The van der Waals surface area contributed by atoms with Crippen LogP contribution in [0.15, 0.2) is 156 Å².